The summed E-state index contributed by atoms with van der Waals surface area (Å²) in [5.74, 6) is 0.346. The van der Waals surface area contributed by atoms with Gasteiger partial charge in [-0.3, -0.25) is 0 Å². The van der Waals surface area contributed by atoms with Crippen molar-refractivity contribution in [3.05, 3.63) is 82.0 Å². The number of aliphatic imine (C=N–C) groups is 1. The molecule has 7 heteroatoms. The van der Waals surface area contributed by atoms with E-state index in [0.717, 1.165) is 16.8 Å². The van der Waals surface area contributed by atoms with Crippen molar-refractivity contribution in [3.63, 3.8) is 0 Å². The van der Waals surface area contributed by atoms with Gasteiger partial charge in [-0.1, -0.05) is 41.4 Å². The molecule has 0 saturated carbocycles. The van der Waals surface area contributed by atoms with Gasteiger partial charge >= 0.3 is 0 Å². The topological polar surface area (TPSA) is 50.2 Å². The first-order chi connectivity index (χ1) is 12.6. The van der Waals surface area contributed by atoms with Crippen LogP contribution in [0.4, 0.5) is 15.9 Å². The van der Waals surface area contributed by atoms with Crippen molar-refractivity contribution in [2.45, 2.75) is 12.5 Å². The molecule has 0 radical (unpaired) electrons. The lowest BCUT2D eigenvalue weighted by Crippen LogP contribution is -2.15. The lowest BCUT2D eigenvalue weighted by atomic mass is 9.97. The Morgan fingerprint density at radius 1 is 1.04 bits per heavy atom. The van der Waals surface area contributed by atoms with E-state index >= 15 is 0 Å². The summed E-state index contributed by atoms with van der Waals surface area (Å²) in [4.78, 5) is 13.0. The van der Waals surface area contributed by atoms with Gasteiger partial charge in [-0.2, -0.15) is 0 Å². The lowest BCUT2D eigenvalue weighted by molar-refractivity contribution is 0.627. The van der Waals surface area contributed by atoms with Gasteiger partial charge in [-0.15, -0.1) is 0 Å². The van der Waals surface area contributed by atoms with Crippen LogP contribution in [0.5, 0.6) is 0 Å². The molecule has 3 aromatic rings. The summed E-state index contributed by atoms with van der Waals surface area (Å²) in [6.45, 7) is 0. The summed E-state index contributed by atoms with van der Waals surface area (Å²) in [5, 5.41) is 4.38. The van der Waals surface area contributed by atoms with Crippen molar-refractivity contribution in [2.75, 3.05) is 5.32 Å². The van der Waals surface area contributed by atoms with E-state index in [1.807, 2.05) is 12.1 Å². The van der Waals surface area contributed by atoms with Crippen LogP contribution >= 0.6 is 23.2 Å². The monoisotopic (exact) mass is 386 g/mol. The van der Waals surface area contributed by atoms with Crippen LogP contribution in [-0.4, -0.2) is 15.7 Å². The minimum atomic E-state index is -0.286. The molecule has 0 spiro atoms. The van der Waals surface area contributed by atoms with E-state index in [9.17, 15) is 4.39 Å². The van der Waals surface area contributed by atoms with E-state index in [4.69, 9.17) is 28.2 Å². The van der Waals surface area contributed by atoms with E-state index in [-0.39, 0.29) is 11.9 Å². The van der Waals surface area contributed by atoms with Crippen molar-refractivity contribution in [1.82, 2.24) is 9.97 Å². The Labute approximate surface area is 159 Å². The number of rotatable bonds is 2. The van der Waals surface area contributed by atoms with Crippen LogP contribution in [0, 0.1) is 5.82 Å². The zero-order valence-corrected chi connectivity index (χ0v) is 15.0. The predicted molar refractivity (Wildman–Crippen MR) is 102 cm³/mol. The van der Waals surface area contributed by atoms with Crippen LogP contribution in [0.2, 0.25) is 10.0 Å². The first-order valence-electron chi connectivity index (χ1n) is 7.95. The number of anilines is 1. The fourth-order valence-corrected chi connectivity index (χ4v) is 3.18. The number of benzene rings is 2. The largest absolute Gasteiger partial charge is 0.361 e. The zero-order chi connectivity index (χ0) is 18.1. The number of nitrogens with zero attached hydrogens (tertiary/aromatic N) is 3. The molecule has 1 atom stereocenters. The Morgan fingerprint density at radius 2 is 1.85 bits per heavy atom. The summed E-state index contributed by atoms with van der Waals surface area (Å²) >= 11 is 12.2. The summed E-state index contributed by atoms with van der Waals surface area (Å²) in [5.41, 5.74) is 3.24. The van der Waals surface area contributed by atoms with Crippen molar-refractivity contribution < 1.29 is 4.39 Å². The van der Waals surface area contributed by atoms with Gasteiger partial charge < -0.3 is 5.32 Å². The van der Waals surface area contributed by atoms with Crippen LogP contribution in [0.25, 0.3) is 0 Å². The van der Waals surface area contributed by atoms with Crippen LogP contribution in [0.1, 0.15) is 23.6 Å². The third kappa shape index (κ3) is 3.41. The molecule has 4 rings (SSSR count). The molecular weight excluding hydrogens is 374 g/mol. The summed E-state index contributed by atoms with van der Waals surface area (Å²) in [6.07, 6.45) is 3.69. The molecule has 2 heterocycles. The highest BCUT2D eigenvalue weighted by atomic mass is 35.5. The van der Waals surface area contributed by atoms with Crippen LogP contribution in [0.3, 0.4) is 0 Å². The number of nitrogens with one attached hydrogen (secondary N) is 1. The summed E-state index contributed by atoms with van der Waals surface area (Å²) in [7, 11) is 0. The number of hydrogen-bond donors (Lipinski definition) is 1. The van der Waals surface area contributed by atoms with Crippen molar-refractivity contribution in [3.8, 4) is 0 Å². The molecule has 1 aliphatic heterocycles. The molecule has 0 fully saturated rings. The highest BCUT2D eigenvalue weighted by Gasteiger charge is 2.22. The maximum atomic E-state index is 13.3. The van der Waals surface area contributed by atoms with Gasteiger partial charge in [0.05, 0.1) is 28.0 Å². The first-order valence-corrected chi connectivity index (χ1v) is 8.71. The molecule has 0 aliphatic carbocycles. The minimum absolute atomic E-state index is 0.121. The van der Waals surface area contributed by atoms with Crippen molar-refractivity contribution >= 4 is 40.4 Å². The standard InChI is InChI=1S/C19H13Cl2FN4/c20-14-6-3-12(7-15(14)21)17-8-16(11-1-4-13(22)5-2-11)25-18-9-23-10-24-19(18)26-17/h1-7,9-10,17H,8H2,(H,23,24,26). The zero-order valence-electron chi connectivity index (χ0n) is 13.5. The van der Waals surface area contributed by atoms with E-state index in [0.29, 0.717) is 28.0 Å². The molecule has 130 valence electrons. The molecule has 4 nitrogen and oxygen atoms in total. The first kappa shape index (κ1) is 16.9. The van der Waals surface area contributed by atoms with Gasteiger partial charge in [0.15, 0.2) is 5.82 Å². The van der Waals surface area contributed by atoms with E-state index in [2.05, 4.69) is 15.3 Å². The third-order valence-electron chi connectivity index (χ3n) is 4.18. The number of aromatic nitrogens is 2. The second-order valence-corrected chi connectivity index (χ2v) is 6.71. The fraction of sp³-hybridized carbons (Fsp3) is 0.105. The van der Waals surface area contributed by atoms with E-state index < -0.39 is 0 Å². The Balaban J connectivity index is 1.79. The summed E-state index contributed by atoms with van der Waals surface area (Å²) < 4.78 is 13.3. The Hall–Kier alpha value is -2.50. The lowest BCUT2D eigenvalue weighted by Gasteiger charge is -2.19. The predicted octanol–water partition coefficient (Wildman–Crippen LogP) is 5.60. The number of halogens is 3. The molecule has 1 aliphatic rings. The molecule has 0 amide bonds. The van der Waals surface area contributed by atoms with Gasteiger partial charge in [0.25, 0.3) is 0 Å². The molecule has 2 aromatic carbocycles. The molecule has 1 aromatic heterocycles. The SMILES string of the molecule is Fc1ccc(C2=Nc3cncnc3NC(c3ccc(Cl)c(Cl)c3)C2)cc1. The van der Waals surface area contributed by atoms with Gasteiger partial charge in [-0.25, -0.2) is 19.4 Å². The van der Waals surface area contributed by atoms with Gasteiger partial charge in [-0.05, 0) is 35.4 Å². The van der Waals surface area contributed by atoms with E-state index in [1.54, 1.807) is 24.4 Å². The van der Waals surface area contributed by atoms with Crippen LogP contribution in [0.15, 0.2) is 60.0 Å². The van der Waals surface area contributed by atoms with Crippen molar-refractivity contribution in [1.29, 1.82) is 0 Å². The van der Waals surface area contributed by atoms with Crippen LogP contribution < -0.4 is 5.32 Å². The Morgan fingerprint density at radius 3 is 2.62 bits per heavy atom. The molecule has 0 saturated heterocycles. The summed E-state index contributed by atoms with van der Waals surface area (Å²) in [6, 6.07) is 11.7. The highest BCUT2D eigenvalue weighted by Crippen LogP contribution is 2.35. The highest BCUT2D eigenvalue weighted by molar-refractivity contribution is 6.42. The third-order valence-corrected chi connectivity index (χ3v) is 4.92. The van der Waals surface area contributed by atoms with Gasteiger partial charge in [0, 0.05) is 6.42 Å². The maximum absolute atomic E-state index is 13.3. The minimum Gasteiger partial charge on any atom is -0.361 e. The van der Waals surface area contributed by atoms with Gasteiger partial charge in [0.2, 0.25) is 0 Å². The smallest absolute Gasteiger partial charge is 0.155 e. The molecule has 26 heavy (non-hydrogen) atoms. The van der Waals surface area contributed by atoms with Crippen molar-refractivity contribution in [2.24, 2.45) is 4.99 Å². The normalized spacial score (nSPS) is 16.3. The second kappa shape index (κ2) is 7.02. The number of fused-ring (bicyclic) bond motifs is 1. The second-order valence-electron chi connectivity index (χ2n) is 5.90. The van der Waals surface area contributed by atoms with Crippen LogP contribution in [-0.2, 0) is 0 Å². The molecular formula is C19H13Cl2FN4. The number of hydrogen-bond acceptors (Lipinski definition) is 4. The quantitative estimate of drug-likeness (QED) is 0.623. The Bertz CT molecular complexity index is 989. The molecule has 1 unspecified atom stereocenters. The van der Waals surface area contributed by atoms with Gasteiger partial charge in [0.1, 0.15) is 17.8 Å². The average Bonchev–Trinajstić information content (AvgIpc) is 2.84. The van der Waals surface area contributed by atoms with E-state index in [1.165, 1.54) is 18.5 Å². The average molecular weight is 387 g/mol. The fourth-order valence-electron chi connectivity index (χ4n) is 2.87. The molecule has 1 N–H and O–H groups in total. The Kier molecular flexibility index (Phi) is 4.57. The molecule has 0 bridgehead atoms. The maximum Gasteiger partial charge on any atom is 0.155 e.